The van der Waals surface area contributed by atoms with Crippen molar-refractivity contribution in [3.8, 4) is 17.1 Å². The van der Waals surface area contributed by atoms with Crippen LogP contribution < -0.4 is 10.1 Å². The van der Waals surface area contributed by atoms with Gasteiger partial charge in [-0.05, 0) is 55.2 Å². The van der Waals surface area contributed by atoms with Gasteiger partial charge < -0.3 is 10.1 Å². The smallest absolute Gasteiger partial charge is 0.240 e. The van der Waals surface area contributed by atoms with Gasteiger partial charge in [0.25, 0.3) is 0 Å². The Bertz CT molecular complexity index is 781. The second kappa shape index (κ2) is 7.82. The van der Waals surface area contributed by atoms with E-state index in [4.69, 9.17) is 17.0 Å². The first kappa shape index (κ1) is 17.7. The SMILES string of the molecule is COc1ccc(-c2n[nH]c(=S)n2CC(=O)NC2CCCC(C)C2)cc1. The number of methoxy groups -OCH3 is 1. The lowest BCUT2D eigenvalue weighted by atomic mass is 9.87. The van der Waals surface area contributed by atoms with Crippen LogP contribution in [0.5, 0.6) is 5.75 Å². The van der Waals surface area contributed by atoms with Crippen LogP contribution in [0.2, 0.25) is 0 Å². The van der Waals surface area contributed by atoms with E-state index in [2.05, 4.69) is 22.4 Å². The summed E-state index contributed by atoms with van der Waals surface area (Å²) >= 11 is 5.30. The molecule has 2 aromatic rings. The maximum Gasteiger partial charge on any atom is 0.240 e. The Labute approximate surface area is 152 Å². The number of aromatic nitrogens is 3. The molecule has 25 heavy (non-hydrogen) atoms. The van der Waals surface area contributed by atoms with Crippen LogP contribution in [-0.4, -0.2) is 33.8 Å². The molecule has 0 radical (unpaired) electrons. The molecule has 3 rings (SSSR count). The predicted octanol–water partition coefficient (Wildman–Crippen LogP) is 3.31. The molecule has 2 unspecified atom stereocenters. The normalized spacial score (nSPS) is 20.2. The van der Waals surface area contributed by atoms with Crippen LogP contribution in [0.4, 0.5) is 0 Å². The topological polar surface area (TPSA) is 71.9 Å². The summed E-state index contributed by atoms with van der Waals surface area (Å²) in [7, 11) is 1.63. The number of rotatable bonds is 5. The molecule has 6 nitrogen and oxygen atoms in total. The molecular weight excluding hydrogens is 336 g/mol. The maximum absolute atomic E-state index is 12.5. The van der Waals surface area contributed by atoms with Gasteiger partial charge in [0.05, 0.1) is 7.11 Å². The average Bonchev–Trinajstić information content (AvgIpc) is 2.95. The van der Waals surface area contributed by atoms with Crippen molar-refractivity contribution in [3.63, 3.8) is 0 Å². The molecule has 134 valence electrons. The fraction of sp³-hybridized carbons (Fsp3) is 0.500. The van der Waals surface area contributed by atoms with E-state index in [9.17, 15) is 4.79 Å². The Kier molecular flexibility index (Phi) is 5.53. The van der Waals surface area contributed by atoms with Crippen molar-refractivity contribution < 1.29 is 9.53 Å². The molecule has 0 aliphatic heterocycles. The molecule has 7 heteroatoms. The number of carbonyl (C=O) groups excluding carboxylic acids is 1. The first-order valence-electron chi connectivity index (χ1n) is 8.66. The fourth-order valence-corrected chi connectivity index (χ4v) is 3.60. The number of H-pyrrole nitrogens is 1. The molecule has 1 aliphatic rings. The molecule has 1 heterocycles. The number of amides is 1. The summed E-state index contributed by atoms with van der Waals surface area (Å²) in [5.41, 5.74) is 0.882. The number of nitrogens with one attached hydrogen (secondary N) is 2. The van der Waals surface area contributed by atoms with Gasteiger partial charge in [0.1, 0.15) is 12.3 Å². The number of aromatic amines is 1. The lowest BCUT2D eigenvalue weighted by Gasteiger charge is -2.27. The number of carbonyl (C=O) groups is 1. The van der Waals surface area contributed by atoms with E-state index >= 15 is 0 Å². The number of benzene rings is 1. The molecule has 1 amide bonds. The second-order valence-electron chi connectivity index (χ2n) is 6.70. The number of hydrogen-bond donors (Lipinski definition) is 2. The Balaban J connectivity index is 1.72. The van der Waals surface area contributed by atoms with Gasteiger partial charge in [0.2, 0.25) is 5.91 Å². The minimum absolute atomic E-state index is 0.0219. The molecule has 2 N–H and O–H groups in total. The molecule has 0 bridgehead atoms. The van der Waals surface area contributed by atoms with Crippen molar-refractivity contribution in [2.45, 2.75) is 45.2 Å². The third kappa shape index (κ3) is 4.28. The summed E-state index contributed by atoms with van der Waals surface area (Å²) in [6, 6.07) is 7.80. The van der Waals surface area contributed by atoms with E-state index < -0.39 is 0 Å². The van der Waals surface area contributed by atoms with Crippen molar-refractivity contribution in [2.75, 3.05) is 7.11 Å². The largest absolute Gasteiger partial charge is 0.497 e. The standard InChI is InChI=1S/C18H24N4O2S/c1-12-4-3-5-14(10-12)19-16(23)11-22-17(20-21-18(22)25)13-6-8-15(24-2)9-7-13/h6-9,12,14H,3-5,10-11H2,1-2H3,(H,19,23)(H,21,25). The van der Waals surface area contributed by atoms with Gasteiger partial charge >= 0.3 is 0 Å². The van der Waals surface area contributed by atoms with Gasteiger partial charge in [-0.25, -0.2) is 0 Å². The maximum atomic E-state index is 12.5. The highest BCUT2D eigenvalue weighted by molar-refractivity contribution is 7.71. The van der Waals surface area contributed by atoms with Gasteiger partial charge in [-0.2, -0.15) is 5.10 Å². The highest BCUT2D eigenvalue weighted by Gasteiger charge is 2.21. The molecule has 2 atom stereocenters. The first-order chi connectivity index (χ1) is 12.1. The molecule has 0 spiro atoms. The van der Waals surface area contributed by atoms with E-state index in [-0.39, 0.29) is 18.5 Å². The fourth-order valence-electron chi connectivity index (χ4n) is 3.41. The highest BCUT2D eigenvalue weighted by atomic mass is 32.1. The Morgan fingerprint density at radius 1 is 1.40 bits per heavy atom. The zero-order chi connectivity index (χ0) is 17.8. The second-order valence-corrected chi connectivity index (χ2v) is 7.09. The minimum Gasteiger partial charge on any atom is -0.497 e. The van der Waals surface area contributed by atoms with E-state index in [1.807, 2.05) is 24.3 Å². The Morgan fingerprint density at radius 3 is 2.84 bits per heavy atom. The third-order valence-electron chi connectivity index (χ3n) is 4.71. The lowest BCUT2D eigenvalue weighted by molar-refractivity contribution is -0.122. The summed E-state index contributed by atoms with van der Waals surface area (Å²) in [6.07, 6.45) is 4.53. The van der Waals surface area contributed by atoms with Gasteiger partial charge in [-0.3, -0.25) is 14.5 Å². The van der Waals surface area contributed by atoms with Gasteiger partial charge in [-0.15, -0.1) is 0 Å². The van der Waals surface area contributed by atoms with E-state index in [1.165, 1.54) is 12.8 Å². The van der Waals surface area contributed by atoms with Crippen LogP contribution >= 0.6 is 12.2 Å². The molecule has 1 aromatic heterocycles. The van der Waals surface area contributed by atoms with Crippen LogP contribution in [-0.2, 0) is 11.3 Å². The summed E-state index contributed by atoms with van der Waals surface area (Å²) in [5.74, 6) is 2.07. The lowest BCUT2D eigenvalue weighted by Crippen LogP contribution is -2.39. The van der Waals surface area contributed by atoms with Crippen molar-refractivity contribution in [3.05, 3.63) is 29.0 Å². The van der Waals surface area contributed by atoms with Crippen LogP contribution in [0, 0.1) is 10.7 Å². The molecule has 0 saturated heterocycles. The quantitative estimate of drug-likeness (QED) is 0.803. The van der Waals surface area contributed by atoms with Crippen LogP contribution in [0.25, 0.3) is 11.4 Å². The molecule has 1 saturated carbocycles. The van der Waals surface area contributed by atoms with Crippen molar-refractivity contribution in [1.29, 1.82) is 0 Å². The number of hydrogen-bond acceptors (Lipinski definition) is 4. The van der Waals surface area contributed by atoms with Crippen LogP contribution in [0.15, 0.2) is 24.3 Å². The van der Waals surface area contributed by atoms with E-state index in [1.54, 1.807) is 11.7 Å². The van der Waals surface area contributed by atoms with Gasteiger partial charge in [0, 0.05) is 11.6 Å². The van der Waals surface area contributed by atoms with Crippen LogP contribution in [0.3, 0.4) is 0 Å². The summed E-state index contributed by atoms with van der Waals surface area (Å²) in [6.45, 7) is 2.41. The molecule has 1 aromatic carbocycles. The Morgan fingerprint density at radius 2 is 2.16 bits per heavy atom. The summed E-state index contributed by atoms with van der Waals surface area (Å²) < 4.78 is 7.36. The first-order valence-corrected chi connectivity index (χ1v) is 9.06. The average molecular weight is 360 g/mol. The zero-order valence-corrected chi connectivity index (χ0v) is 15.4. The van der Waals surface area contributed by atoms with Crippen molar-refractivity contribution in [2.24, 2.45) is 5.92 Å². The minimum atomic E-state index is -0.0219. The monoisotopic (exact) mass is 360 g/mol. The molecular formula is C18H24N4O2S. The number of ether oxygens (including phenoxy) is 1. The van der Waals surface area contributed by atoms with E-state index in [0.717, 1.165) is 24.2 Å². The number of nitrogens with zero attached hydrogens (tertiary/aromatic N) is 2. The summed E-state index contributed by atoms with van der Waals surface area (Å²) in [4.78, 5) is 12.5. The predicted molar refractivity (Wildman–Crippen MR) is 99.0 cm³/mol. The van der Waals surface area contributed by atoms with Gasteiger partial charge in [-0.1, -0.05) is 19.8 Å². The summed E-state index contributed by atoms with van der Waals surface area (Å²) in [5, 5.41) is 10.2. The van der Waals surface area contributed by atoms with Crippen molar-refractivity contribution >= 4 is 18.1 Å². The molecule has 1 fully saturated rings. The van der Waals surface area contributed by atoms with Crippen LogP contribution in [0.1, 0.15) is 32.6 Å². The Hall–Kier alpha value is -2.15. The van der Waals surface area contributed by atoms with Crippen molar-refractivity contribution in [1.82, 2.24) is 20.1 Å². The molecule has 1 aliphatic carbocycles. The van der Waals surface area contributed by atoms with Gasteiger partial charge in [0.15, 0.2) is 10.6 Å². The zero-order valence-electron chi connectivity index (χ0n) is 14.6. The van der Waals surface area contributed by atoms with E-state index in [0.29, 0.717) is 16.5 Å². The highest BCUT2D eigenvalue weighted by Crippen LogP contribution is 2.24. The third-order valence-corrected chi connectivity index (χ3v) is 5.02.